The Balaban J connectivity index is 2.67. The van der Waals surface area contributed by atoms with E-state index in [9.17, 15) is 4.79 Å². The number of rotatable bonds is 6. The summed E-state index contributed by atoms with van der Waals surface area (Å²) in [6.45, 7) is 6.19. The molecule has 1 aromatic rings. The van der Waals surface area contributed by atoms with Gasteiger partial charge in [0.15, 0.2) is 4.67 Å². The summed E-state index contributed by atoms with van der Waals surface area (Å²) in [4.78, 5) is 11.8. The second-order valence-electron chi connectivity index (χ2n) is 4.83. The van der Waals surface area contributed by atoms with Gasteiger partial charge < -0.3 is 9.73 Å². The minimum absolute atomic E-state index is 0.00245. The van der Waals surface area contributed by atoms with Gasteiger partial charge in [0.25, 0.3) is 0 Å². The third-order valence-corrected chi connectivity index (χ3v) is 3.17. The molecule has 0 aliphatic carbocycles. The average molecular weight is 317 g/mol. The van der Waals surface area contributed by atoms with Gasteiger partial charge in [-0.15, -0.1) is 0 Å². The molecule has 4 nitrogen and oxygen atoms in total. The van der Waals surface area contributed by atoms with E-state index in [-0.39, 0.29) is 18.0 Å². The lowest BCUT2D eigenvalue weighted by molar-refractivity contribution is -0.123. The van der Waals surface area contributed by atoms with Crippen molar-refractivity contribution in [2.45, 2.75) is 39.3 Å². The Kier molecular flexibility index (Phi) is 5.88. The lowest BCUT2D eigenvalue weighted by Gasteiger charge is -2.22. The maximum atomic E-state index is 11.8. The molecule has 1 heterocycles. The van der Waals surface area contributed by atoms with E-state index in [4.69, 9.17) is 4.42 Å². The van der Waals surface area contributed by atoms with Crippen molar-refractivity contribution < 1.29 is 9.21 Å². The van der Waals surface area contributed by atoms with E-state index in [0.29, 0.717) is 10.6 Å². The van der Waals surface area contributed by atoms with Gasteiger partial charge in [0.05, 0.1) is 12.1 Å². The van der Waals surface area contributed by atoms with Crippen LogP contribution in [0.25, 0.3) is 0 Å². The number of amides is 1. The fraction of sp³-hybridized carbons (Fsp3) is 0.615. The van der Waals surface area contributed by atoms with Crippen molar-refractivity contribution in [3.63, 3.8) is 0 Å². The van der Waals surface area contributed by atoms with E-state index in [1.54, 1.807) is 7.05 Å². The molecule has 0 aliphatic rings. The number of furan rings is 1. The van der Waals surface area contributed by atoms with Crippen molar-refractivity contribution >= 4 is 21.8 Å². The Morgan fingerprint density at radius 2 is 2.06 bits per heavy atom. The molecule has 0 bridgehead atoms. The average Bonchev–Trinajstić information content (AvgIpc) is 2.73. The first-order valence-electron chi connectivity index (χ1n) is 6.17. The van der Waals surface area contributed by atoms with Crippen LogP contribution < -0.4 is 10.6 Å². The molecule has 0 fully saturated rings. The van der Waals surface area contributed by atoms with E-state index < -0.39 is 0 Å². The molecule has 0 aromatic carbocycles. The monoisotopic (exact) mass is 316 g/mol. The molecule has 102 valence electrons. The van der Waals surface area contributed by atoms with E-state index in [2.05, 4.69) is 40.4 Å². The molecule has 5 heteroatoms. The number of carbonyl (C=O) groups excluding carboxylic acids is 1. The molecule has 1 rings (SSSR count). The van der Waals surface area contributed by atoms with Crippen LogP contribution in [0.15, 0.2) is 21.2 Å². The Bertz CT molecular complexity index is 390. The smallest absolute Gasteiger partial charge is 0.236 e. The molecule has 2 N–H and O–H groups in total. The zero-order chi connectivity index (χ0) is 13.7. The van der Waals surface area contributed by atoms with Crippen LogP contribution in [0, 0.1) is 5.92 Å². The highest BCUT2D eigenvalue weighted by molar-refractivity contribution is 9.10. The number of halogens is 1. The van der Waals surface area contributed by atoms with Gasteiger partial charge in [-0.2, -0.15) is 0 Å². The molecule has 2 unspecified atom stereocenters. The Hall–Kier alpha value is -0.810. The molecule has 1 aromatic heterocycles. The number of carbonyl (C=O) groups is 1. The normalized spacial score (nSPS) is 14.6. The second kappa shape index (κ2) is 6.95. The van der Waals surface area contributed by atoms with Crippen molar-refractivity contribution in [2.24, 2.45) is 5.92 Å². The molecule has 0 aliphatic heterocycles. The summed E-state index contributed by atoms with van der Waals surface area (Å²) < 4.78 is 6.19. The minimum atomic E-state index is -0.200. The van der Waals surface area contributed by atoms with Crippen LogP contribution in [-0.2, 0) is 4.79 Å². The van der Waals surface area contributed by atoms with Crippen LogP contribution >= 0.6 is 15.9 Å². The SMILES string of the molecule is CNC(=O)C(CC(C)C)NC(C)c1ccc(Br)o1. The summed E-state index contributed by atoms with van der Waals surface area (Å²) in [5.74, 6) is 1.29. The zero-order valence-electron chi connectivity index (χ0n) is 11.3. The van der Waals surface area contributed by atoms with Crippen LogP contribution in [0.2, 0.25) is 0 Å². The number of likely N-dealkylation sites (N-methyl/N-ethyl adjacent to an activating group) is 1. The van der Waals surface area contributed by atoms with Gasteiger partial charge in [-0.25, -0.2) is 0 Å². The summed E-state index contributed by atoms with van der Waals surface area (Å²) in [5.41, 5.74) is 0. The largest absolute Gasteiger partial charge is 0.453 e. The predicted molar refractivity (Wildman–Crippen MR) is 75.3 cm³/mol. The number of hydrogen-bond acceptors (Lipinski definition) is 3. The fourth-order valence-corrected chi connectivity index (χ4v) is 2.16. The highest BCUT2D eigenvalue weighted by Crippen LogP contribution is 2.21. The van der Waals surface area contributed by atoms with Crippen LogP contribution in [0.1, 0.15) is 39.0 Å². The molecule has 0 saturated heterocycles. The molecular weight excluding hydrogens is 296 g/mol. The first-order valence-corrected chi connectivity index (χ1v) is 6.96. The maximum absolute atomic E-state index is 11.8. The first kappa shape index (κ1) is 15.2. The molecule has 1 amide bonds. The molecule has 18 heavy (non-hydrogen) atoms. The summed E-state index contributed by atoms with van der Waals surface area (Å²) >= 11 is 3.28. The molecule has 2 atom stereocenters. The van der Waals surface area contributed by atoms with Crippen molar-refractivity contribution in [2.75, 3.05) is 7.05 Å². The van der Waals surface area contributed by atoms with Crippen LogP contribution in [0.5, 0.6) is 0 Å². The van der Waals surface area contributed by atoms with Gasteiger partial charge in [0, 0.05) is 7.05 Å². The summed E-state index contributed by atoms with van der Waals surface area (Å²) in [6, 6.07) is 3.55. The third kappa shape index (κ3) is 4.46. The highest BCUT2D eigenvalue weighted by Gasteiger charge is 2.22. The van der Waals surface area contributed by atoms with E-state index in [1.165, 1.54) is 0 Å². The topological polar surface area (TPSA) is 54.3 Å². The van der Waals surface area contributed by atoms with Gasteiger partial charge in [-0.1, -0.05) is 13.8 Å². The van der Waals surface area contributed by atoms with Crippen molar-refractivity contribution in [3.05, 3.63) is 22.6 Å². The number of nitrogens with one attached hydrogen (secondary N) is 2. The Morgan fingerprint density at radius 3 is 2.50 bits per heavy atom. The molecule has 0 radical (unpaired) electrons. The lowest BCUT2D eigenvalue weighted by Crippen LogP contribution is -2.44. The van der Waals surface area contributed by atoms with E-state index in [0.717, 1.165) is 12.2 Å². The van der Waals surface area contributed by atoms with E-state index >= 15 is 0 Å². The minimum Gasteiger partial charge on any atom is -0.453 e. The van der Waals surface area contributed by atoms with Crippen LogP contribution in [0.3, 0.4) is 0 Å². The maximum Gasteiger partial charge on any atom is 0.236 e. The summed E-state index contributed by atoms with van der Waals surface area (Å²) in [5, 5.41) is 5.99. The Morgan fingerprint density at radius 1 is 1.39 bits per heavy atom. The van der Waals surface area contributed by atoms with Gasteiger partial charge in [0.1, 0.15) is 5.76 Å². The summed E-state index contributed by atoms with van der Waals surface area (Å²) in [7, 11) is 1.66. The van der Waals surface area contributed by atoms with Crippen molar-refractivity contribution in [1.82, 2.24) is 10.6 Å². The standard InChI is InChI=1S/C13H21BrN2O2/c1-8(2)7-10(13(17)15-4)16-9(3)11-5-6-12(14)18-11/h5-6,8-10,16H,7H2,1-4H3,(H,15,17). The van der Waals surface area contributed by atoms with Crippen LogP contribution in [-0.4, -0.2) is 19.0 Å². The quantitative estimate of drug-likeness (QED) is 0.848. The molecule has 0 saturated carbocycles. The van der Waals surface area contributed by atoms with Gasteiger partial charge in [0.2, 0.25) is 5.91 Å². The summed E-state index contributed by atoms with van der Waals surface area (Å²) in [6.07, 6.45) is 0.798. The van der Waals surface area contributed by atoms with E-state index in [1.807, 2.05) is 19.1 Å². The first-order chi connectivity index (χ1) is 8.43. The second-order valence-corrected chi connectivity index (χ2v) is 5.61. The van der Waals surface area contributed by atoms with Gasteiger partial charge in [-0.3, -0.25) is 10.1 Å². The fourth-order valence-electron chi connectivity index (χ4n) is 1.84. The van der Waals surface area contributed by atoms with Gasteiger partial charge in [-0.05, 0) is 47.3 Å². The molecule has 0 spiro atoms. The van der Waals surface area contributed by atoms with Gasteiger partial charge >= 0.3 is 0 Å². The lowest BCUT2D eigenvalue weighted by atomic mass is 10.0. The highest BCUT2D eigenvalue weighted by atomic mass is 79.9. The third-order valence-electron chi connectivity index (χ3n) is 2.74. The number of hydrogen-bond donors (Lipinski definition) is 2. The predicted octanol–water partition coefficient (Wildman–Crippen LogP) is 2.85. The van der Waals surface area contributed by atoms with Crippen molar-refractivity contribution in [3.8, 4) is 0 Å². The van der Waals surface area contributed by atoms with Crippen molar-refractivity contribution in [1.29, 1.82) is 0 Å². The Labute approximate surface area is 117 Å². The molecular formula is C13H21BrN2O2. The van der Waals surface area contributed by atoms with Crippen LogP contribution in [0.4, 0.5) is 0 Å². The zero-order valence-corrected chi connectivity index (χ0v) is 12.9.